The highest BCUT2D eigenvalue weighted by Gasteiger charge is 2.17. The molecule has 6 nitrogen and oxygen atoms in total. The molecule has 174 valence electrons. The van der Waals surface area contributed by atoms with E-state index >= 15 is 0 Å². The van der Waals surface area contributed by atoms with Crippen molar-refractivity contribution in [2.45, 2.75) is 50.1 Å². The first-order valence-corrected chi connectivity index (χ1v) is 12.7. The lowest BCUT2D eigenvalue weighted by molar-refractivity contribution is -0.116. The number of carbonyl (C=O) groups is 2. The van der Waals surface area contributed by atoms with Crippen LogP contribution in [0, 0.1) is 13.8 Å². The molecule has 0 saturated heterocycles. The number of amides is 2. The predicted octanol–water partition coefficient (Wildman–Crippen LogP) is 6.13. The molecule has 0 fully saturated rings. The van der Waals surface area contributed by atoms with Crippen LogP contribution in [-0.4, -0.2) is 21.8 Å². The van der Waals surface area contributed by atoms with Gasteiger partial charge in [-0.2, -0.15) is 0 Å². The second-order valence-electron chi connectivity index (χ2n) is 7.92. The third-order valence-electron chi connectivity index (χ3n) is 5.41. The minimum Gasteiger partial charge on any atom is -0.348 e. The maximum atomic E-state index is 13.1. The summed E-state index contributed by atoms with van der Waals surface area (Å²) >= 11 is 3.14. The minimum atomic E-state index is -0.160. The number of aryl methyl sites for hydroxylation is 2. The average Bonchev–Trinajstić information content (AvgIpc) is 3.12. The van der Waals surface area contributed by atoms with Crippen LogP contribution in [0.5, 0.6) is 0 Å². The molecule has 4 rings (SSSR count). The van der Waals surface area contributed by atoms with E-state index < -0.39 is 0 Å². The number of aromatic nitrogens is 2. The van der Waals surface area contributed by atoms with Gasteiger partial charge in [0.2, 0.25) is 5.91 Å². The molecular formula is C26H26N4O2S2. The fourth-order valence-corrected chi connectivity index (χ4v) is 5.70. The average molecular weight is 491 g/mol. The molecule has 2 aromatic heterocycles. The highest BCUT2D eigenvalue weighted by molar-refractivity contribution is 7.99. The van der Waals surface area contributed by atoms with Crippen molar-refractivity contribution in [3.8, 4) is 0 Å². The molecule has 0 aliphatic carbocycles. The molecular weight excluding hydrogens is 464 g/mol. The van der Waals surface area contributed by atoms with Crippen LogP contribution >= 0.6 is 23.1 Å². The Labute approximate surface area is 207 Å². The molecule has 0 aliphatic heterocycles. The number of anilines is 1. The van der Waals surface area contributed by atoms with Crippen LogP contribution < -0.4 is 10.6 Å². The molecule has 0 unspecified atom stereocenters. The van der Waals surface area contributed by atoms with E-state index in [0.29, 0.717) is 18.5 Å². The second kappa shape index (κ2) is 10.8. The topological polar surface area (TPSA) is 84.0 Å². The Morgan fingerprint density at radius 3 is 2.71 bits per heavy atom. The van der Waals surface area contributed by atoms with Crippen molar-refractivity contribution in [3.05, 3.63) is 76.4 Å². The first-order valence-electron chi connectivity index (χ1n) is 11.1. The van der Waals surface area contributed by atoms with Gasteiger partial charge < -0.3 is 10.6 Å². The highest BCUT2D eigenvalue weighted by Crippen LogP contribution is 2.38. The molecule has 2 N–H and O–H groups in total. The zero-order valence-corrected chi connectivity index (χ0v) is 21.0. The number of hydrogen-bond donors (Lipinski definition) is 2. The van der Waals surface area contributed by atoms with Gasteiger partial charge in [0.1, 0.15) is 16.2 Å². The number of benzene rings is 2. The summed E-state index contributed by atoms with van der Waals surface area (Å²) < 4.78 is 0. The minimum absolute atomic E-state index is 0.00970. The molecule has 8 heteroatoms. The lowest BCUT2D eigenvalue weighted by Gasteiger charge is -2.11. The van der Waals surface area contributed by atoms with Crippen molar-refractivity contribution < 1.29 is 9.59 Å². The van der Waals surface area contributed by atoms with Crippen LogP contribution in [0.15, 0.2) is 64.8 Å². The fraction of sp³-hybridized carbons (Fsp3) is 0.231. The summed E-state index contributed by atoms with van der Waals surface area (Å²) in [5.74, 6) is -0.170. The number of fused-ring (bicyclic) bond motifs is 1. The maximum absolute atomic E-state index is 13.1. The number of thiophene rings is 1. The first-order chi connectivity index (χ1) is 16.5. The summed E-state index contributed by atoms with van der Waals surface area (Å²) in [7, 11) is 0. The molecule has 0 bridgehead atoms. The van der Waals surface area contributed by atoms with E-state index in [1.807, 2.05) is 55.5 Å². The van der Waals surface area contributed by atoms with E-state index in [-0.39, 0.29) is 11.8 Å². The van der Waals surface area contributed by atoms with E-state index in [0.717, 1.165) is 37.8 Å². The monoisotopic (exact) mass is 490 g/mol. The van der Waals surface area contributed by atoms with Gasteiger partial charge in [-0.3, -0.25) is 9.59 Å². The van der Waals surface area contributed by atoms with Gasteiger partial charge in [0.05, 0.1) is 5.56 Å². The summed E-state index contributed by atoms with van der Waals surface area (Å²) in [6, 6.07) is 15.1. The summed E-state index contributed by atoms with van der Waals surface area (Å²) in [6.45, 7) is 6.49. The van der Waals surface area contributed by atoms with Crippen molar-refractivity contribution >= 4 is 50.8 Å². The van der Waals surface area contributed by atoms with Crippen molar-refractivity contribution in [1.82, 2.24) is 15.3 Å². The van der Waals surface area contributed by atoms with Gasteiger partial charge in [-0.1, -0.05) is 43.0 Å². The smallest absolute Gasteiger partial charge is 0.252 e. The number of rotatable bonds is 8. The number of carbonyl (C=O) groups excluding carboxylic acids is 2. The van der Waals surface area contributed by atoms with Crippen molar-refractivity contribution in [3.63, 3.8) is 0 Å². The molecule has 0 radical (unpaired) electrons. The summed E-state index contributed by atoms with van der Waals surface area (Å²) in [5, 5.41) is 7.80. The van der Waals surface area contributed by atoms with Gasteiger partial charge in [0.25, 0.3) is 5.91 Å². The summed E-state index contributed by atoms with van der Waals surface area (Å²) in [6.07, 6.45) is 2.86. The van der Waals surface area contributed by atoms with Crippen LogP contribution in [0.2, 0.25) is 0 Å². The molecule has 0 aliphatic rings. The van der Waals surface area contributed by atoms with Crippen LogP contribution in [0.25, 0.3) is 10.2 Å². The van der Waals surface area contributed by atoms with Crippen molar-refractivity contribution in [2.75, 3.05) is 5.32 Å². The van der Waals surface area contributed by atoms with Gasteiger partial charge in [-0.15, -0.1) is 11.3 Å². The van der Waals surface area contributed by atoms with E-state index in [4.69, 9.17) is 0 Å². The maximum Gasteiger partial charge on any atom is 0.252 e. The van der Waals surface area contributed by atoms with Crippen molar-refractivity contribution in [2.24, 2.45) is 0 Å². The Morgan fingerprint density at radius 2 is 1.88 bits per heavy atom. The summed E-state index contributed by atoms with van der Waals surface area (Å²) in [4.78, 5) is 36.9. The zero-order valence-electron chi connectivity index (χ0n) is 19.3. The van der Waals surface area contributed by atoms with Crippen molar-refractivity contribution in [1.29, 1.82) is 0 Å². The quantitative estimate of drug-likeness (QED) is 0.290. The number of hydrogen-bond acceptors (Lipinski definition) is 6. The standard InChI is InChI=1S/C26H26N4O2S2/c1-4-8-22(31)30-19-10-7-9-18(13-19)14-27-24(32)20-11-5-6-12-21(20)34-26-23-16(2)17(3)33-25(23)28-15-29-26/h5-7,9-13,15H,4,8,14H2,1-3H3,(H,27,32)(H,30,31). The van der Waals surface area contributed by atoms with E-state index in [2.05, 4.69) is 34.4 Å². The Bertz CT molecular complexity index is 1350. The zero-order chi connectivity index (χ0) is 24.1. The highest BCUT2D eigenvalue weighted by atomic mass is 32.2. The Balaban J connectivity index is 1.50. The van der Waals surface area contributed by atoms with Gasteiger partial charge >= 0.3 is 0 Å². The van der Waals surface area contributed by atoms with Crippen LogP contribution in [0.4, 0.5) is 5.69 Å². The fourth-order valence-electron chi connectivity index (χ4n) is 3.56. The molecule has 0 atom stereocenters. The molecule has 0 saturated carbocycles. The number of nitrogens with zero attached hydrogens (tertiary/aromatic N) is 2. The van der Waals surface area contributed by atoms with Crippen LogP contribution in [0.1, 0.15) is 46.1 Å². The molecule has 34 heavy (non-hydrogen) atoms. The van der Waals surface area contributed by atoms with E-state index in [9.17, 15) is 9.59 Å². The number of nitrogens with one attached hydrogen (secondary N) is 2. The third-order valence-corrected chi connectivity index (χ3v) is 7.60. The summed E-state index contributed by atoms with van der Waals surface area (Å²) in [5.41, 5.74) is 3.41. The third kappa shape index (κ3) is 5.46. The normalized spacial score (nSPS) is 10.9. The Morgan fingerprint density at radius 1 is 1.06 bits per heavy atom. The van der Waals surface area contributed by atoms with E-state index in [1.165, 1.54) is 22.2 Å². The lowest BCUT2D eigenvalue weighted by Crippen LogP contribution is -2.23. The molecule has 2 amide bonds. The molecule has 0 spiro atoms. The largest absolute Gasteiger partial charge is 0.348 e. The molecule has 2 heterocycles. The SMILES string of the molecule is CCCC(=O)Nc1cccc(CNC(=O)c2ccccc2Sc2ncnc3sc(C)c(C)c23)c1. The van der Waals surface area contributed by atoms with Gasteiger partial charge in [-0.05, 0) is 55.7 Å². The predicted molar refractivity (Wildman–Crippen MR) is 139 cm³/mol. The van der Waals surface area contributed by atoms with Crippen LogP contribution in [0.3, 0.4) is 0 Å². The van der Waals surface area contributed by atoms with Crippen LogP contribution in [-0.2, 0) is 11.3 Å². The Hall–Kier alpha value is -3.23. The lowest BCUT2D eigenvalue weighted by atomic mass is 10.1. The second-order valence-corrected chi connectivity index (χ2v) is 10.2. The molecule has 2 aromatic carbocycles. The van der Waals surface area contributed by atoms with Gasteiger partial charge in [0, 0.05) is 33.8 Å². The van der Waals surface area contributed by atoms with E-state index in [1.54, 1.807) is 17.7 Å². The van der Waals surface area contributed by atoms with Gasteiger partial charge in [-0.25, -0.2) is 9.97 Å². The van der Waals surface area contributed by atoms with Gasteiger partial charge in [0.15, 0.2) is 0 Å². The molecule has 4 aromatic rings. The Kier molecular flexibility index (Phi) is 7.59. The first kappa shape index (κ1) is 23.9.